The van der Waals surface area contributed by atoms with Crippen LogP contribution in [-0.2, 0) is 11.0 Å². The van der Waals surface area contributed by atoms with Gasteiger partial charge < -0.3 is 14.7 Å². The van der Waals surface area contributed by atoms with Crippen LogP contribution in [-0.4, -0.2) is 52.8 Å². The Morgan fingerprint density at radius 1 is 1.15 bits per heavy atom. The second kappa shape index (κ2) is 11.6. The molecule has 2 aromatic carbocycles. The van der Waals surface area contributed by atoms with Gasteiger partial charge in [-0.1, -0.05) is 47.5 Å². The highest BCUT2D eigenvalue weighted by atomic mass is 35.5. The number of alkyl halides is 3. The van der Waals surface area contributed by atoms with Gasteiger partial charge in [-0.25, -0.2) is 4.79 Å². The van der Waals surface area contributed by atoms with Crippen molar-refractivity contribution >= 4 is 23.5 Å². The molecule has 2 aliphatic heterocycles. The molecule has 0 aromatic heterocycles. The van der Waals surface area contributed by atoms with Crippen molar-refractivity contribution in [2.45, 2.75) is 64.3 Å². The van der Waals surface area contributed by atoms with Crippen molar-refractivity contribution in [1.29, 1.82) is 0 Å². The van der Waals surface area contributed by atoms with Crippen molar-refractivity contribution in [2.24, 2.45) is 5.41 Å². The second-order valence-electron chi connectivity index (χ2n) is 11.4. The highest BCUT2D eigenvalue weighted by Gasteiger charge is 2.56. The third-order valence-electron chi connectivity index (χ3n) is 8.67. The minimum atomic E-state index is -4.56. The number of carbonyl (C=O) groups is 2. The number of fused-ring (bicyclic) bond motifs is 1. The number of nitrogens with zero attached hydrogens (tertiary/aromatic N) is 3. The molecule has 5 nitrogen and oxygen atoms in total. The van der Waals surface area contributed by atoms with Gasteiger partial charge in [0.15, 0.2) is 0 Å². The lowest BCUT2D eigenvalue weighted by Gasteiger charge is -2.47. The van der Waals surface area contributed by atoms with Crippen LogP contribution in [0.25, 0.3) is 0 Å². The molecule has 41 heavy (non-hydrogen) atoms. The molecule has 2 aromatic rings. The van der Waals surface area contributed by atoms with E-state index >= 15 is 0 Å². The molecule has 2 fully saturated rings. The number of benzene rings is 2. The highest BCUT2D eigenvalue weighted by molar-refractivity contribution is 6.30. The van der Waals surface area contributed by atoms with Crippen LogP contribution in [0, 0.1) is 19.3 Å². The molecule has 0 N–H and O–H groups in total. The zero-order valence-corrected chi connectivity index (χ0v) is 24.7. The van der Waals surface area contributed by atoms with E-state index in [2.05, 4.69) is 19.2 Å². The largest absolute Gasteiger partial charge is 0.416 e. The second-order valence-corrected chi connectivity index (χ2v) is 11.8. The Hall–Kier alpha value is -3.26. The molecule has 220 valence electrons. The van der Waals surface area contributed by atoms with Crippen LogP contribution in [0.5, 0.6) is 0 Å². The van der Waals surface area contributed by atoms with Gasteiger partial charge in [0.1, 0.15) is 0 Å². The number of urea groups is 1. The van der Waals surface area contributed by atoms with Gasteiger partial charge in [-0.2, -0.15) is 13.2 Å². The zero-order valence-electron chi connectivity index (χ0n) is 24.0. The van der Waals surface area contributed by atoms with Crippen LogP contribution < -0.4 is 0 Å². The Balaban J connectivity index is 1.74. The van der Waals surface area contributed by atoms with Crippen LogP contribution in [0.4, 0.5) is 18.0 Å². The fraction of sp³-hybridized carbons (Fsp3) is 0.438. The fourth-order valence-electron chi connectivity index (χ4n) is 6.50. The standard InChI is InChI=1S/C32H37ClF3N3O2/c1-7-11-31(12-8-2)19-27-28(26-10-9-20(3)15-21(26)4)39(14-13-38(27)29(31)40)30(41)37(6)22(5)23-16-24(32(34,35)36)18-25(33)17-23/h7-10,15-18,22,27-28H,1-2,11-14,19H2,3-6H3/t22-,27+,28+/m1/s1. The summed E-state index contributed by atoms with van der Waals surface area (Å²) in [5, 5.41) is -0.0467. The average molecular weight is 588 g/mol. The summed E-state index contributed by atoms with van der Waals surface area (Å²) in [5.74, 6) is 0.0458. The van der Waals surface area contributed by atoms with Crippen molar-refractivity contribution < 1.29 is 22.8 Å². The first-order valence-corrected chi connectivity index (χ1v) is 14.1. The van der Waals surface area contributed by atoms with Crippen molar-refractivity contribution in [1.82, 2.24) is 14.7 Å². The number of allylic oxidation sites excluding steroid dienone is 2. The maximum Gasteiger partial charge on any atom is 0.416 e. The van der Waals surface area contributed by atoms with E-state index in [1.165, 1.54) is 11.0 Å². The smallest absolute Gasteiger partial charge is 0.335 e. The number of hydrogen-bond donors (Lipinski definition) is 0. The summed E-state index contributed by atoms with van der Waals surface area (Å²) in [6.07, 6.45) is 0.519. The topological polar surface area (TPSA) is 43.9 Å². The van der Waals surface area contributed by atoms with Crippen molar-refractivity contribution in [3.63, 3.8) is 0 Å². The van der Waals surface area contributed by atoms with E-state index in [9.17, 15) is 22.8 Å². The van der Waals surface area contributed by atoms with E-state index in [1.807, 2.05) is 30.9 Å². The van der Waals surface area contributed by atoms with E-state index in [4.69, 9.17) is 11.6 Å². The van der Waals surface area contributed by atoms with Gasteiger partial charge in [0.2, 0.25) is 5.91 Å². The molecule has 0 unspecified atom stereocenters. The number of aryl methyl sites for hydroxylation is 2. The zero-order chi connectivity index (χ0) is 30.3. The van der Waals surface area contributed by atoms with Crippen LogP contribution in [0.1, 0.15) is 66.1 Å². The minimum absolute atomic E-state index is 0.0458. The molecule has 2 aliphatic rings. The number of amides is 3. The summed E-state index contributed by atoms with van der Waals surface area (Å²) in [7, 11) is 1.59. The Bertz CT molecular complexity index is 1350. The monoisotopic (exact) mass is 587 g/mol. The van der Waals surface area contributed by atoms with Crippen molar-refractivity contribution in [2.75, 3.05) is 20.1 Å². The SMILES string of the molecule is C=CCC1(CC=C)C[C@H]2[C@H](c3ccc(C)cc3C)N(C(=O)N(C)[C@H](C)c3cc(Cl)cc(C(F)(F)F)c3)CCN2C1=O. The first kappa shape index (κ1) is 30.7. The molecular weight excluding hydrogens is 551 g/mol. The lowest BCUT2D eigenvalue weighted by Crippen LogP contribution is -2.57. The normalized spacial score (nSPS) is 20.9. The van der Waals surface area contributed by atoms with Crippen LogP contribution >= 0.6 is 11.6 Å². The predicted molar refractivity (Wildman–Crippen MR) is 156 cm³/mol. The van der Waals surface area contributed by atoms with E-state index < -0.39 is 29.2 Å². The highest BCUT2D eigenvalue weighted by Crippen LogP contribution is 2.50. The van der Waals surface area contributed by atoms with Gasteiger partial charge in [-0.05, 0) is 74.9 Å². The summed E-state index contributed by atoms with van der Waals surface area (Å²) < 4.78 is 40.5. The van der Waals surface area contributed by atoms with Crippen LogP contribution in [0.3, 0.4) is 0 Å². The predicted octanol–water partition coefficient (Wildman–Crippen LogP) is 7.88. The van der Waals surface area contributed by atoms with Crippen molar-refractivity contribution in [3.8, 4) is 0 Å². The number of hydrogen-bond acceptors (Lipinski definition) is 2. The molecule has 0 bridgehead atoms. The fourth-order valence-corrected chi connectivity index (χ4v) is 6.74. The molecule has 3 amide bonds. The molecule has 2 heterocycles. The number of carbonyl (C=O) groups excluding carboxylic acids is 2. The third kappa shape index (κ3) is 5.76. The summed E-state index contributed by atoms with van der Waals surface area (Å²) >= 11 is 6.05. The average Bonchev–Trinajstić information content (AvgIpc) is 3.18. The Labute approximate surface area is 245 Å². The maximum absolute atomic E-state index is 14.2. The summed E-state index contributed by atoms with van der Waals surface area (Å²) in [5.41, 5.74) is 1.79. The van der Waals surface area contributed by atoms with Gasteiger partial charge in [0, 0.05) is 25.2 Å². The minimum Gasteiger partial charge on any atom is -0.335 e. The maximum atomic E-state index is 14.2. The number of halogens is 4. The lowest BCUT2D eigenvalue weighted by molar-refractivity contribution is -0.139. The number of rotatable bonds is 7. The molecule has 0 spiro atoms. The van der Waals surface area contributed by atoms with Gasteiger partial charge in [-0.15, -0.1) is 13.2 Å². The summed E-state index contributed by atoms with van der Waals surface area (Å²) in [4.78, 5) is 33.1. The molecule has 0 aliphatic carbocycles. The van der Waals surface area contributed by atoms with E-state index in [1.54, 1.807) is 31.0 Å². The quantitative estimate of drug-likeness (QED) is 0.309. The van der Waals surface area contributed by atoms with Crippen molar-refractivity contribution in [3.05, 3.63) is 94.5 Å². The first-order valence-electron chi connectivity index (χ1n) is 13.7. The van der Waals surface area contributed by atoms with Crippen LogP contribution in [0.15, 0.2) is 61.7 Å². The Kier molecular flexibility index (Phi) is 8.65. The van der Waals surface area contributed by atoms with Gasteiger partial charge in [-0.3, -0.25) is 4.79 Å². The molecule has 0 radical (unpaired) electrons. The molecule has 0 saturated carbocycles. The summed E-state index contributed by atoms with van der Waals surface area (Å²) in [6.45, 7) is 14.1. The molecule has 4 rings (SSSR count). The van der Waals surface area contributed by atoms with Gasteiger partial charge >= 0.3 is 12.2 Å². The third-order valence-corrected chi connectivity index (χ3v) is 8.89. The number of piperazine rings is 1. The molecule has 3 atom stereocenters. The van der Waals surface area contributed by atoms with E-state index in [0.717, 1.165) is 28.8 Å². The first-order chi connectivity index (χ1) is 19.2. The van der Waals surface area contributed by atoms with E-state index in [-0.39, 0.29) is 35.1 Å². The molecular formula is C32H37ClF3N3O2. The van der Waals surface area contributed by atoms with Gasteiger partial charge in [0.25, 0.3) is 0 Å². The Morgan fingerprint density at radius 2 is 1.80 bits per heavy atom. The molecule has 2 saturated heterocycles. The van der Waals surface area contributed by atoms with Gasteiger partial charge in [0.05, 0.1) is 29.1 Å². The van der Waals surface area contributed by atoms with Crippen LogP contribution in [0.2, 0.25) is 5.02 Å². The lowest BCUT2D eigenvalue weighted by atomic mass is 9.76. The van der Waals surface area contributed by atoms with E-state index in [0.29, 0.717) is 25.8 Å². The Morgan fingerprint density at radius 3 is 2.39 bits per heavy atom. The molecule has 9 heteroatoms. The summed E-state index contributed by atoms with van der Waals surface area (Å²) in [6, 6.07) is 7.73.